The quantitative estimate of drug-likeness (QED) is 0.675. The molecule has 2 aromatic heterocycles. The molecular weight excluding hydrogens is 222 g/mol. The van der Waals surface area contributed by atoms with Crippen LogP contribution in [0.1, 0.15) is 5.69 Å². The van der Waals surface area contributed by atoms with E-state index >= 15 is 0 Å². The van der Waals surface area contributed by atoms with Crippen LogP contribution in [-0.2, 0) is 0 Å². The molecule has 0 aliphatic carbocycles. The SMILES string of the molecule is Cc1[nH]nc2cnc(Br)c(O)c12. The van der Waals surface area contributed by atoms with Crippen LogP contribution in [0.15, 0.2) is 10.8 Å². The lowest BCUT2D eigenvalue weighted by Crippen LogP contribution is -1.78. The first-order chi connectivity index (χ1) is 5.70. The van der Waals surface area contributed by atoms with Gasteiger partial charge in [-0.15, -0.1) is 0 Å². The summed E-state index contributed by atoms with van der Waals surface area (Å²) >= 11 is 3.13. The maximum Gasteiger partial charge on any atom is 0.159 e. The first-order valence-electron chi connectivity index (χ1n) is 3.38. The molecule has 2 N–H and O–H groups in total. The van der Waals surface area contributed by atoms with Gasteiger partial charge in [-0.2, -0.15) is 5.10 Å². The fourth-order valence-corrected chi connectivity index (χ4v) is 1.42. The molecule has 0 amide bonds. The fraction of sp³-hybridized carbons (Fsp3) is 0.143. The Balaban J connectivity index is 2.96. The van der Waals surface area contributed by atoms with Crippen molar-refractivity contribution in [2.24, 2.45) is 0 Å². The number of aryl methyl sites for hydroxylation is 1. The number of hydrogen-bond acceptors (Lipinski definition) is 3. The van der Waals surface area contributed by atoms with Crippen LogP contribution >= 0.6 is 15.9 Å². The van der Waals surface area contributed by atoms with Gasteiger partial charge < -0.3 is 5.11 Å². The average molecular weight is 228 g/mol. The van der Waals surface area contributed by atoms with E-state index in [1.807, 2.05) is 6.92 Å². The molecule has 0 radical (unpaired) electrons. The molecule has 0 saturated carbocycles. The topological polar surface area (TPSA) is 61.8 Å². The summed E-state index contributed by atoms with van der Waals surface area (Å²) in [5.74, 6) is 0.138. The Kier molecular flexibility index (Phi) is 1.54. The van der Waals surface area contributed by atoms with Gasteiger partial charge in [0.15, 0.2) is 5.75 Å². The Hall–Kier alpha value is -1.10. The van der Waals surface area contributed by atoms with E-state index in [2.05, 4.69) is 31.1 Å². The average Bonchev–Trinajstić information content (AvgIpc) is 2.41. The minimum Gasteiger partial charge on any atom is -0.504 e. The van der Waals surface area contributed by atoms with Gasteiger partial charge >= 0.3 is 0 Å². The molecule has 0 fully saturated rings. The van der Waals surface area contributed by atoms with Crippen molar-refractivity contribution in [3.05, 3.63) is 16.5 Å². The third kappa shape index (κ3) is 0.896. The summed E-state index contributed by atoms with van der Waals surface area (Å²) in [6, 6.07) is 0. The van der Waals surface area contributed by atoms with E-state index in [-0.39, 0.29) is 5.75 Å². The predicted octanol–water partition coefficient (Wildman–Crippen LogP) is 1.73. The molecule has 0 aliphatic rings. The summed E-state index contributed by atoms with van der Waals surface area (Å²) < 4.78 is 0.444. The van der Waals surface area contributed by atoms with Gasteiger partial charge in [0.1, 0.15) is 10.1 Å². The van der Waals surface area contributed by atoms with Crippen molar-refractivity contribution < 1.29 is 5.11 Å². The van der Waals surface area contributed by atoms with E-state index in [9.17, 15) is 5.11 Å². The monoisotopic (exact) mass is 227 g/mol. The van der Waals surface area contributed by atoms with Crippen LogP contribution in [-0.4, -0.2) is 20.3 Å². The summed E-state index contributed by atoms with van der Waals surface area (Å²) in [7, 11) is 0. The molecule has 0 saturated heterocycles. The van der Waals surface area contributed by atoms with Crippen molar-refractivity contribution >= 4 is 26.8 Å². The standard InChI is InChI=1S/C7H6BrN3O/c1-3-5-4(11-10-3)2-9-7(8)6(5)12/h2,12H,1H3,(H,10,11). The Morgan fingerprint density at radius 3 is 3.08 bits per heavy atom. The Morgan fingerprint density at radius 2 is 2.33 bits per heavy atom. The lowest BCUT2D eigenvalue weighted by Gasteiger charge is -1.96. The number of aromatic hydroxyl groups is 1. The third-order valence-corrected chi connectivity index (χ3v) is 2.29. The van der Waals surface area contributed by atoms with Crippen molar-refractivity contribution in [3.8, 4) is 5.75 Å². The Labute approximate surface area is 76.8 Å². The zero-order valence-electron chi connectivity index (χ0n) is 6.30. The van der Waals surface area contributed by atoms with Crippen LogP contribution in [0.2, 0.25) is 0 Å². The normalized spacial score (nSPS) is 10.8. The number of rotatable bonds is 0. The molecule has 0 atom stereocenters. The minimum absolute atomic E-state index is 0.138. The number of hydrogen-bond donors (Lipinski definition) is 2. The van der Waals surface area contributed by atoms with Crippen LogP contribution in [0.25, 0.3) is 10.9 Å². The molecule has 0 spiro atoms. The maximum absolute atomic E-state index is 9.56. The van der Waals surface area contributed by atoms with E-state index in [0.717, 1.165) is 11.1 Å². The van der Waals surface area contributed by atoms with Gasteiger partial charge in [0, 0.05) is 5.69 Å². The number of fused-ring (bicyclic) bond motifs is 1. The molecular formula is C7H6BrN3O. The van der Waals surface area contributed by atoms with Gasteiger partial charge in [-0.25, -0.2) is 4.98 Å². The second-order valence-electron chi connectivity index (χ2n) is 2.51. The number of nitrogens with one attached hydrogen (secondary N) is 1. The lowest BCUT2D eigenvalue weighted by molar-refractivity contribution is 0.475. The molecule has 2 aromatic rings. The van der Waals surface area contributed by atoms with Crippen LogP contribution in [0.3, 0.4) is 0 Å². The van der Waals surface area contributed by atoms with Gasteiger partial charge in [0.05, 0.1) is 11.6 Å². The number of halogens is 1. The van der Waals surface area contributed by atoms with Gasteiger partial charge in [0.2, 0.25) is 0 Å². The van der Waals surface area contributed by atoms with Crippen molar-refractivity contribution in [1.82, 2.24) is 15.2 Å². The zero-order valence-corrected chi connectivity index (χ0v) is 7.88. The second-order valence-corrected chi connectivity index (χ2v) is 3.26. The summed E-state index contributed by atoms with van der Waals surface area (Å²) in [5.41, 5.74) is 1.51. The molecule has 0 unspecified atom stereocenters. The summed E-state index contributed by atoms with van der Waals surface area (Å²) in [6.45, 7) is 1.85. The summed E-state index contributed by atoms with van der Waals surface area (Å²) in [4.78, 5) is 3.90. The van der Waals surface area contributed by atoms with Crippen LogP contribution < -0.4 is 0 Å². The van der Waals surface area contributed by atoms with Gasteiger partial charge in [0.25, 0.3) is 0 Å². The Morgan fingerprint density at radius 1 is 1.58 bits per heavy atom. The molecule has 2 heterocycles. The second kappa shape index (κ2) is 2.45. The molecule has 2 rings (SSSR count). The first kappa shape index (κ1) is 7.54. The number of H-pyrrole nitrogens is 1. The highest BCUT2D eigenvalue weighted by atomic mass is 79.9. The van der Waals surface area contributed by atoms with Crippen molar-refractivity contribution in [2.45, 2.75) is 6.92 Å². The molecule has 62 valence electrons. The largest absolute Gasteiger partial charge is 0.504 e. The van der Waals surface area contributed by atoms with E-state index in [1.54, 1.807) is 6.20 Å². The molecule has 0 aromatic carbocycles. The van der Waals surface area contributed by atoms with Gasteiger partial charge in [-0.05, 0) is 22.9 Å². The predicted molar refractivity (Wildman–Crippen MR) is 48.0 cm³/mol. The smallest absolute Gasteiger partial charge is 0.159 e. The van der Waals surface area contributed by atoms with Gasteiger partial charge in [-0.1, -0.05) is 0 Å². The third-order valence-electron chi connectivity index (χ3n) is 1.71. The molecule has 0 bridgehead atoms. The van der Waals surface area contributed by atoms with Crippen molar-refractivity contribution in [3.63, 3.8) is 0 Å². The molecule has 5 heteroatoms. The van der Waals surface area contributed by atoms with Crippen molar-refractivity contribution in [2.75, 3.05) is 0 Å². The summed E-state index contributed by atoms with van der Waals surface area (Å²) in [5, 5.41) is 17.0. The van der Waals surface area contributed by atoms with Crippen LogP contribution in [0.5, 0.6) is 5.75 Å². The molecule has 0 aliphatic heterocycles. The van der Waals surface area contributed by atoms with E-state index in [0.29, 0.717) is 10.1 Å². The zero-order chi connectivity index (χ0) is 8.72. The van der Waals surface area contributed by atoms with E-state index in [1.165, 1.54) is 0 Å². The lowest BCUT2D eigenvalue weighted by atomic mass is 10.2. The number of pyridine rings is 1. The number of nitrogens with zero attached hydrogens (tertiary/aromatic N) is 2. The number of aromatic nitrogens is 3. The Bertz CT molecular complexity index is 437. The highest BCUT2D eigenvalue weighted by molar-refractivity contribution is 9.10. The highest BCUT2D eigenvalue weighted by Gasteiger charge is 2.09. The van der Waals surface area contributed by atoms with Gasteiger partial charge in [-0.3, -0.25) is 5.10 Å². The van der Waals surface area contributed by atoms with Crippen LogP contribution in [0, 0.1) is 6.92 Å². The fourth-order valence-electron chi connectivity index (χ4n) is 1.12. The summed E-state index contributed by atoms with van der Waals surface area (Å²) in [6.07, 6.45) is 1.60. The van der Waals surface area contributed by atoms with E-state index in [4.69, 9.17) is 0 Å². The minimum atomic E-state index is 0.138. The first-order valence-corrected chi connectivity index (χ1v) is 4.17. The highest BCUT2D eigenvalue weighted by Crippen LogP contribution is 2.30. The number of aromatic amines is 1. The maximum atomic E-state index is 9.56. The molecule has 4 nitrogen and oxygen atoms in total. The molecule has 12 heavy (non-hydrogen) atoms. The van der Waals surface area contributed by atoms with Crippen LogP contribution in [0.4, 0.5) is 0 Å². The van der Waals surface area contributed by atoms with E-state index < -0.39 is 0 Å². The van der Waals surface area contributed by atoms with Crippen molar-refractivity contribution in [1.29, 1.82) is 0 Å².